The third-order valence-corrected chi connectivity index (χ3v) is 7.45. The SMILES string of the molecule is CN1CCC(n2cc(-c3ccc(NC(=O)c4cccn(-c5cccc(F)c5)c4=O)cc3)c3c(N)ncnc32)CC1. The minimum absolute atomic E-state index is 0.0537. The van der Waals surface area contributed by atoms with Crippen molar-refractivity contribution in [1.29, 1.82) is 0 Å². The number of aromatic nitrogens is 4. The molecule has 40 heavy (non-hydrogen) atoms. The Hall–Kier alpha value is -4.83. The molecule has 4 heterocycles. The lowest BCUT2D eigenvalue weighted by Gasteiger charge is -2.30. The van der Waals surface area contributed by atoms with Crippen molar-refractivity contribution in [3.63, 3.8) is 0 Å². The van der Waals surface area contributed by atoms with E-state index in [1.165, 1.54) is 41.4 Å². The van der Waals surface area contributed by atoms with Crippen molar-refractivity contribution in [2.45, 2.75) is 18.9 Å². The van der Waals surface area contributed by atoms with Gasteiger partial charge in [-0.15, -0.1) is 0 Å². The first-order valence-electron chi connectivity index (χ1n) is 13.1. The van der Waals surface area contributed by atoms with E-state index in [-0.39, 0.29) is 5.56 Å². The molecule has 2 aromatic carbocycles. The number of anilines is 2. The number of carbonyl (C=O) groups is 1. The molecule has 0 spiro atoms. The molecule has 0 saturated carbocycles. The first-order chi connectivity index (χ1) is 19.4. The van der Waals surface area contributed by atoms with E-state index in [4.69, 9.17) is 5.73 Å². The second kappa shape index (κ2) is 10.4. The topological polar surface area (TPSA) is 111 Å². The normalized spacial score (nSPS) is 14.4. The summed E-state index contributed by atoms with van der Waals surface area (Å²) in [6.45, 7) is 2.03. The highest BCUT2D eigenvalue weighted by Gasteiger charge is 2.23. The van der Waals surface area contributed by atoms with Crippen LogP contribution in [0.4, 0.5) is 15.9 Å². The number of amides is 1. The Morgan fingerprint density at radius 3 is 2.58 bits per heavy atom. The van der Waals surface area contributed by atoms with Crippen LogP contribution in [-0.2, 0) is 0 Å². The molecule has 0 aliphatic carbocycles. The maximum Gasteiger partial charge on any atom is 0.267 e. The van der Waals surface area contributed by atoms with Crippen LogP contribution in [0.1, 0.15) is 29.2 Å². The smallest absolute Gasteiger partial charge is 0.267 e. The Balaban J connectivity index is 1.27. The molecule has 0 bridgehead atoms. The van der Waals surface area contributed by atoms with E-state index in [0.717, 1.165) is 48.1 Å². The zero-order valence-corrected chi connectivity index (χ0v) is 21.9. The van der Waals surface area contributed by atoms with Crippen LogP contribution in [0.2, 0.25) is 0 Å². The summed E-state index contributed by atoms with van der Waals surface area (Å²) in [5, 5.41) is 3.60. The molecule has 1 aliphatic heterocycles. The number of likely N-dealkylation sites (tertiary alicyclic amines) is 1. The molecule has 0 unspecified atom stereocenters. The molecule has 6 rings (SSSR count). The van der Waals surface area contributed by atoms with Crippen molar-refractivity contribution in [1.82, 2.24) is 24.0 Å². The number of hydrogen-bond acceptors (Lipinski definition) is 6. The third kappa shape index (κ3) is 4.73. The number of piperidine rings is 1. The predicted molar refractivity (Wildman–Crippen MR) is 153 cm³/mol. The molecule has 0 radical (unpaired) electrons. The van der Waals surface area contributed by atoms with Crippen LogP contribution >= 0.6 is 0 Å². The lowest BCUT2D eigenvalue weighted by atomic mass is 10.1. The number of nitrogen functional groups attached to an aromatic ring is 1. The number of nitrogens with one attached hydrogen (secondary N) is 1. The predicted octanol–water partition coefficient (Wildman–Crippen LogP) is 4.49. The van der Waals surface area contributed by atoms with Gasteiger partial charge in [-0.05, 0) is 81.0 Å². The molecule has 1 aliphatic rings. The first-order valence-corrected chi connectivity index (χ1v) is 13.1. The van der Waals surface area contributed by atoms with E-state index >= 15 is 0 Å². The van der Waals surface area contributed by atoms with Crippen molar-refractivity contribution in [2.24, 2.45) is 0 Å². The van der Waals surface area contributed by atoms with E-state index in [0.29, 0.717) is 23.2 Å². The van der Waals surface area contributed by atoms with Crippen LogP contribution in [0.3, 0.4) is 0 Å². The van der Waals surface area contributed by atoms with E-state index in [1.807, 2.05) is 12.1 Å². The van der Waals surface area contributed by atoms with Crippen LogP contribution in [0.25, 0.3) is 27.8 Å². The fourth-order valence-electron chi connectivity index (χ4n) is 5.31. The average Bonchev–Trinajstić information content (AvgIpc) is 3.35. The minimum atomic E-state index is -0.556. The van der Waals surface area contributed by atoms with Gasteiger partial charge >= 0.3 is 0 Å². The Bertz CT molecular complexity index is 1770. The Morgan fingerprint density at radius 1 is 1.05 bits per heavy atom. The Morgan fingerprint density at radius 2 is 1.82 bits per heavy atom. The number of fused-ring (bicyclic) bond motifs is 1. The van der Waals surface area contributed by atoms with Gasteiger partial charge in [0.05, 0.1) is 11.1 Å². The van der Waals surface area contributed by atoms with Gasteiger partial charge in [-0.1, -0.05) is 18.2 Å². The number of nitrogens with two attached hydrogens (primary N) is 1. The van der Waals surface area contributed by atoms with Crippen molar-refractivity contribution in [3.8, 4) is 16.8 Å². The van der Waals surface area contributed by atoms with E-state index in [2.05, 4.69) is 38.0 Å². The highest BCUT2D eigenvalue weighted by atomic mass is 19.1. The summed E-state index contributed by atoms with van der Waals surface area (Å²) in [6.07, 6.45) is 7.14. The average molecular weight is 538 g/mol. The summed E-state index contributed by atoms with van der Waals surface area (Å²) in [7, 11) is 2.13. The minimum Gasteiger partial charge on any atom is -0.383 e. The molecule has 3 aromatic heterocycles. The van der Waals surface area contributed by atoms with Gasteiger partial charge in [-0.25, -0.2) is 14.4 Å². The molecule has 202 valence electrons. The van der Waals surface area contributed by atoms with Gasteiger partial charge in [0.25, 0.3) is 11.5 Å². The van der Waals surface area contributed by atoms with E-state index in [1.54, 1.807) is 24.3 Å². The summed E-state index contributed by atoms with van der Waals surface area (Å²) >= 11 is 0. The summed E-state index contributed by atoms with van der Waals surface area (Å²) in [4.78, 5) is 37.2. The zero-order chi connectivity index (χ0) is 27.8. The molecule has 10 heteroatoms. The number of halogens is 1. The largest absolute Gasteiger partial charge is 0.383 e. The lowest BCUT2D eigenvalue weighted by Crippen LogP contribution is -2.31. The lowest BCUT2D eigenvalue weighted by molar-refractivity contribution is 0.102. The quantitative estimate of drug-likeness (QED) is 0.342. The summed E-state index contributed by atoms with van der Waals surface area (Å²) < 4.78 is 17.1. The second-order valence-corrected chi connectivity index (χ2v) is 10.1. The molecule has 1 saturated heterocycles. The fourth-order valence-corrected chi connectivity index (χ4v) is 5.31. The highest BCUT2D eigenvalue weighted by Crippen LogP contribution is 2.36. The number of hydrogen-bond donors (Lipinski definition) is 2. The van der Waals surface area contributed by atoms with Crippen LogP contribution < -0.4 is 16.6 Å². The van der Waals surface area contributed by atoms with Crippen LogP contribution in [-0.4, -0.2) is 50.0 Å². The standard InChI is InChI=1S/C30H28FN7O2/c1-36-14-11-22(12-15-36)38-17-25(26-27(32)33-18-34-28(26)38)19-7-9-21(10-8-19)35-29(39)24-6-3-13-37(30(24)40)23-5-2-4-20(31)16-23/h2-10,13,16-18,22H,11-12,14-15H2,1H3,(H,35,39)(H2,32,33,34). The van der Waals surface area contributed by atoms with E-state index < -0.39 is 17.3 Å². The number of carbonyl (C=O) groups excluding carboxylic acids is 1. The van der Waals surface area contributed by atoms with Gasteiger partial charge in [0.15, 0.2) is 0 Å². The van der Waals surface area contributed by atoms with Gasteiger partial charge in [0.2, 0.25) is 0 Å². The second-order valence-electron chi connectivity index (χ2n) is 10.1. The molecular formula is C30H28FN7O2. The van der Waals surface area contributed by atoms with Gasteiger partial charge in [0.1, 0.15) is 29.2 Å². The molecule has 5 aromatic rings. The molecule has 9 nitrogen and oxygen atoms in total. The van der Waals surface area contributed by atoms with Crippen LogP contribution in [0.15, 0.2) is 84.2 Å². The van der Waals surface area contributed by atoms with E-state index in [9.17, 15) is 14.0 Å². The third-order valence-electron chi connectivity index (χ3n) is 7.45. The van der Waals surface area contributed by atoms with Crippen LogP contribution in [0, 0.1) is 5.82 Å². The summed E-state index contributed by atoms with van der Waals surface area (Å²) in [5.74, 6) is -0.607. The van der Waals surface area contributed by atoms with Crippen molar-refractivity contribution in [2.75, 3.05) is 31.2 Å². The summed E-state index contributed by atoms with van der Waals surface area (Å²) in [6, 6.07) is 16.3. The number of rotatable bonds is 5. The number of benzene rings is 2. The number of pyridine rings is 1. The summed E-state index contributed by atoms with van der Waals surface area (Å²) in [5.41, 5.74) is 9.23. The molecule has 1 amide bonds. The number of nitrogens with zero attached hydrogens (tertiary/aromatic N) is 5. The van der Waals surface area contributed by atoms with Gasteiger partial charge in [-0.3, -0.25) is 14.2 Å². The van der Waals surface area contributed by atoms with Gasteiger partial charge < -0.3 is 20.5 Å². The van der Waals surface area contributed by atoms with Gasteiger partial charge in [0, 0.05) is 29.7 Å². The molecule has 1 fully saturated rings. The van der Waals surface area contributed by atoms with Crippen LogP contribution in [0.5, 0.6) is 0 Å². The highest BCUT2D eigenvalue weighted by molar-refractivity contribution is 6.04. The first kappa shape index (κ1) is 25.4. The van der Waals surface area contributed by atoms with Crippen molar-refractivity contribution >= 4 is 28.4 Å². The Kier molecular flexibility index (Phi) is 6.61. The monoisotopic (exact) mass is 537 g/mol. The van der Waals surface area contributed by atoms with Gasteiger partial charge in [-0.2, -0.15) is 0 Å². The Labute approximate surface area is 229 Å². The fraction of sp³-hybridized carbons (Fsp3) is 0.200. The van der Waals surface area contributed by atoms with Crippen molar-refractivity contribution < 1.29 is 9.18 Å². The molecule has 3 N–H and O–H groups in total. The molecular weight excluding hydrogens is 509 g/mol. The maximum atomic E-state index is 13.7. The maximum absolute atomic E-state index is 13.7. The molecule has 0 atom stereocenters. The van der Waals surface area contributed by atoms with Crippen molar-refractivity contribution in [3.05, 3.63) is 101 Å². The zero-order valence-electron chi connectivity index (χ0n) is 21.9.